The number of carbonyl (C=O) groups is 2. The van der Waals surface area contributed by atoms with Crippen LogP contribution in [-0.2, 0) is 25.9 Å². The van der Waals surface area contributed by atoms with E-state index >= 15 is 0 Å². The van der Waals surface area contributed by atoms with Gasteiger partial charge in [0.15, 0.2) is 5.69 Å². The van der Waals surface area contributed by atoms with Crippen molar-refractivity contribution in [3.05, 3.63) is 70.7 Å². The predicted molar refractivity (Wildman–Crippen MR) is 150 cm³/mol. The van der Waals surface area contributed by atoms with E-state index in [-0.39, 0.29) is 11.4 Å². The topological polar surface area (TPSA) is 169 Å². The Hall–Kier alpha value is -4.85. The van der Waals surface area contributed by atoms with Crippen LogP contribution in [0.25, 0.3) is 33.6 Å². The van der Waals surface area contributed by atoms with Gasteiger partial charge in [-0.15, -0.1) is 0 Å². The van der Waals surface area contributed by atoms with Gasteiger partial charge in [0.2, 0.25) is 0 Å². The van der Waals surface area contributed by atoms with E-state index in [2.05, 4.69) is 41.2 Å². The maximum atomic E-state index is 12.0. The second kappa shape index (κ2) is 11.5. The number of ether oxygens (including phenoxy) is 1. The number of nitrogen functional groups attached to an aromatic ring is 1. The van der Waals surface area contributed by atoms with Gasteiger partial charge in [-0.3, -0.25) is 14.0 Å². The first-order valence-corrected chi connectivity index (χ1v) is 12.5. The highest BCUT2D eigenvalue weighted by molar-refractivity contribution is 9.10. The monoisotopic (exact) mass is 607 g/mol. The van der Waals surface area contributed by atoms with Crippen LogP contribution in [0.15, 0.2) is 53.7 Å². The fraction of sp³-hybridized carbons (Fsp3) is 0.192. The molecule has 0 unspecified atom stereocenters. The number of esters is 1. The van der Waals surface area contributed by atoms with Crippen LogP contribution in [-0.4, -0.2) is 63.5 Å². The third-order valence-corrected chi connectivity index (χ3v) is 6.65. The van der Waals surface area contributed by atoms with Crippen LogP contribution in [0.3, 0.4) is 0 Å². The van der Waals surface area contributed by atoms with E-state index in [1.54, 1.807) is 77.3 Å². The number of rotatable bonds is 5. The summed E-state index contributed by atoms with van der Waals surface area (Å²) in [5, 5.41) is 21.3. The number of anilines is 1. The van der Waals surface area contributed by atoms with Gasteiger partial charge in [0.05, 0.1) is 47.2 Å². The van der Waals surface area contributed by atoms with E-state index in [0.717, 1.165) is 22.4 Å². The van der Waals surface area contributed by atoms with Crippen molar-refractivity contribution >= 4 is 33.6 Å². The molecule has 5 heterocycles. The Bertz CT molecular complexity index is 1720. The number of carbonyl (C=O) groups excluding carboxylic acids is 1. The first kappa shape index (κ1) is 28.2. The first-order chi connectivity index (χ1) is 19.0. The zero-order valence-corrected chi connectivity index (χ0v) is 23.9. The van der Waals surface area contributed by atoms with Crippen LogP contribution in [0, 0.1) is 6.92 Å². The summed E-state index contributed by atoms with van der Waals surface area (Å²) < 4.78 is 10.3. The molecule has 0 aliphatic heterocycles. The molecule has 0 saturated heterocycles. The molecule has 5 rings (SSSR count). The molecule has 5 aromatic rings. The predicted octanol–water partition coefficient (Wildman–Crippen LogP) is 3.50. The number of carboxylic acids is 1. The molecule has 14 heteroatoms. The molecule has 0 atom stereocenters. The third-order valence-electron chi connectivity index (χ3n) is 6.01. The number of hydrogen-bond donors (Lipinski definition) is 2. The smallest absolute Gasteiger partial charge is 0.356 e. The number of aryl methyl sites for hydroxylation is 3. The van der Waals surface area contributed by atoms with E-state index in [1.165, 1.54) is 7.11 Å². The number of carboxylic acid groups (broad SMARTS) is 1. The van der Waals surface area contributed by atoms with Crippen molar-refractivity contribution in [3.8, 4) is 33.6 Å². The zero-order chi connectivity index (χ0) is 29.1. The second-order valence-corrected chi connectivity index (χ2v) is 9.57. The van der Waals surface area contributed by atoms with Crippen molar-refractivity contribution in [2.45, 2.75) is 6.92 Å². The normalized spacial score (nSPS) is 10.7. The van der Waals surface area contributed by atoms with Crippen molar-refractivity contribution in [1.29, 1.82) is 0 Å². The average Bonchev–Trinajstić information content (AvgIpc) is 3.65. The van der Waals surface area contributed by atoms with Gasteiger partial charge in [0, 0.05) is 61.5 Å². The summed E-state index contributed by atoms with van der Waals surface area (Å²) >= 11 is 3.14. The van der Waals surface area contributed by atoms with Gasteiger partial charge in [0.25, 0.3) is 0 Å². The number of halogens is 1. The SMILES string of the molecule is COC(=O)c1cc(-c2cnn(C)c2C)c(N)c(-c2cnn(C)c2)n1.Cn1cc(-c2ccc(Br)c(C(=O)O)n2)cn1. The lowest BCUT2D eigenvalue weighted by molar-refractivity contribution is 0.0593. The molecule has 0 aliphatic rings. The quantitative estimate of drug-likeness (QED) is 0.282. The molecule has 206 valence electrons. The van der Waals surface area contributed by atoms with E-state index < -0.39 is 11.9 Å². The minimum Gasteiger partial charge on any atom is -0.476 e. The molecular weight excluding hydrogens is 582 g/mol. The van der Waals surface area contributed by atoms with Crippen LogP contribution < -0.4 is 5.73 Å². The van der Waals surface area contributed by atoms with Gasteiger partial charge in [-0.25, -0.2) is 19.6 Å². The second-order valence-electron chi connectivity index (χ2n) is 8.71. The number of aromatic nitrogens is 8. The Morgan fingerprint density at radius 2 is 1.60 bits per heavy atom. The number of nitrogens with zero attached hydrogens (tertiary/aromatic N) is 8. The number of aromatic carboxylic acids is 1. The summed E-state index contributed by atoms with van der Waals surface area (Å²) in [5.74, 6) is -1.58. The highest BCUT2D eigenvalue weighted by Gasteiger charge is 2.20. The average molecular weight is 608 g/mol. The largest absolute Gasteiger partial charge is 0.476 e. The summed E-state index contributed by atoms with van der Waals surface area (Å²) in [6.45, 7) is 1.93. The van der Waals surface area contributed by atoms with E-state index in [4.69, 9.17) is 15.6 Å². The molecule has 0 amide bonds. The molecule has 13 nitrogen and oxygen atoms in total. The molecule has 40 heavy (non-hydrogen) atoms. The third kappa shape index (κ3) is 5.76. The minimum absolute atomic E-state index is 0.00125. The minimum atomic E-state index is -1.06. The van der Waals surface area contributed by atoms with Gasteiger partial charge in [0.1, 0.15) is 5.69 Å². The molecule has 0 fully saturated rings. The van der Waals surface area contributed by atoms with Crippen LogP contribution in [0.2, 0.25) is 0 Å². The summed E-state index contributed by atoms with van der Waals surface area (Å²) in [7, 11) is 6.76. The van der Waals surface area contributed by atoms with Crippen molar-refractivity contribution < 1.29 is 19.4 Å². The molecule has 3 N–H and O–H groups in total. The van der Waals surface area contributed by atoms with Crippen LogP contribution in [0.5, 0.6) is 0 Å². The lowest BCUT2D eigenvalue weighted by Gasteiger charge is -2.11. The summed E-state index contributed by atoms with van der Waals surface area (Å²) in [5.41, 5.74) is 12.1. The maximum Gasteiger partial charge on any atom is 0.356 e. The molecule has 5 aromatic heterocycles. The lowest BCUT2D eigenvalue weighted by Crippen LogP contribution is -2.08. The van der Waals surface area contributed by atoms with Crippen LogP contribution in [0.1, 0.15) is 26.7 Å². The molecule has 0 saturated carbocycles. The van der Waals surface area contributed by atoms with Crippen molar-refractivity contribution in [2.24, 2.45) is 21.1 Å². The summed E-state index contributed by atoms with van der Waals surface area (Å²) in [6.07, 6.45) is 8.58. The Kier molecular flexibility index (Phi) is 8.09. The van der Waals surface area contributed by atoms with Gasteiger partial charge in [-0.1, -0.05) is 0 Å². The standard InChI is InChI=1S/C16H18N6O2.C10H8BrN3O2/c1-9-12(7-19-22(9)3)11-5-13(16(23)24-4)20-15(14(11)17)10-6-18-21(2)8-10;1-14-5-6(4-12-14)8-3-2-7(11)9(13-8)10(15)16/h5-8H,17H2,1-4H3;2-5H,1H3,(H,15,16). The van der Waals surface area contributed by atoms with E-state index in [0.29, 0.717) is 27.1 Å². The summed E-state index contributed by atoms with van der Waals surface area (Å²) in [4.78, 5) is 31.3. The van der Waals surface area contributed by atoms with Crippen molar-refractivity contribution in [1.82, 2.24) is 39.3 Å². The molecule has 0 spiro atoms. The van der Waals surface area contributed by atoms with Crippen molar-refractivity contribution in [3.63, 3.8) is 0 Å². The summed E-state index contributed by atoms with van der Waals surface area (Å²) in [6, 6.07) is 5.04. The number of nitrogens with two attached hydrogens (primary N) is 1. The highest BCUT2D eigenvalue weighted by Crippen LogP contribution is 2.35. The van der Waals surface area contributed by atoms with Crippen molar-refractivity contribution in [2.75, 3.05) is 12.8 Å². The van der Waals surface area contributed by atoms with Gasteiger partial charge >= 0.3 is 11.9 Å². The molecular formula is C26H26BrN9O4. The lowest BCUT2D eigenvalue weighted by atomic mass is 10.0. The number of methoxy groups -OCH3 is 1. The molecule has 0 aromatic carbocycles. The van der Waals surface area contributed by atoms with Crippen LogP contribution in [0.4, 0.5) is 5.69 Å². The molecule has 0 aliphatic carbocycles. The van der Waals surface area contributed by atoms with Gasteiger partial charge in [-0.05, 0) is 41.1 Å². The van der Waals surface area contributed by atoms with E-state index in [9.17, 15) is 9.59 Å². The van der Waals surface area contributed by atoms with Gasteiger partial charge < -0.3 is 15.6 Å². The van der Waals surface area contributed by atoms with Crippen LogP contribution >= 0.6 is 15.9 Å². The Labute approximate surface area is 237 Å². The Morgan fingerprint density at radius 1 is 0.950 bits per heavy atom. The Balaban J connectivity index is 0.000000201. The maximum absolute atomic E-state index is 12.0. The van der Waals surface area contributed by atoms with E-state index in [1.807, 2.05) is 14.0 Å². The zero-order valence-electron chi connectivity index (χ0n) is 22.3. The fourth-order valence-electron chi connectivity index (χ4n) is 3.82. The fourth-order valence-corrected chi connectivity index (χ4v) is 4.21. The molecule has 0 bridgehead atoms. The first-order valence-electron chi connectivity index (χ1n) is 11.8. The number of pyridine rings is 2. The highest BCUT2D eigenvalue weighted by atomic mass is 79.9. The van der Waals surface area contributed by atoms with Gasteiger partial charge in [-0.2, -0.15) is 15.3 Å². The molecule has 0 radical (unpaired) electrons. The number of hydrogen-bond acceptors (Lipinski definition) is 9. The Morgan fingerprint density at radius 3 is 2.12 bits per heavy atom.